The average Bonchev–Trinajstić information content (AvgIpc) is 2.74. The van der Waals surface area contributed by atoms with Crippen molar-refractivity contribution in [1.29, 1.82) is 0 Å². The van der Waals surface area contributed by atoms with Crippen LogP contribution in [0.3, 0.4) is 0 Å². The van der Waals surface area contributed by atoms with E-state index in [1.54, 1.807) is 23.2 Å². The van der Waals surface area contributed by atoms with Crippen molar-refractivity contribution >= 4 is 44.0 Å². The molecule has 3 heteroatoms. The van der Waals surface area contributed by atoms with Gasteiger partial charge in [0.25, 0.3) is 0 Å². The average molecular weight is 442 g/mol. The van der Waals surface area contributed by atoms with Crippen molar-refractivity contribution in [1.82, 2.24) is 0 Å². The molecule has 2 aliphatic rings. The molecule has 0 aromatic rings. The SMILES string of the molecule is CI=[N][Tl]1[CH2][CH]1CC1CC1. The number of rotatable bonds is 3. The molecule has 0 N–H and O–H groups in total. The number of hydrogen-bond acceptors (Lipinski definition) is 1. The Labute approximate surface area is 81.7 Å². The van der Waals surface area contributed by atoms with Gasteiger partial charge in [-0.2, -0.15) is 0 Å². The standard InChI is InChI=1S/C6H10.CH3IN.Tl/c1-2-3-6-4-5-6;1-2-3;/h2,6H,1,3-5H2;1H3;/q;-1;+1. The second kappa shape index (κ2) is 3.45. The Balaban J connectivity index is 1.68. The summed E-state index contributed by atoms with van der Waals surface area (Å²) >= 11 is -0.783. The Kier molecular flexibility index (Phi) is 2.78. The van der Waals surface area contributed by atoms with Crippen LogP contribution in [0.4, 0.5) is 0 Å². The van der Waals surface area contributed by atoms with Crippen molar-refractivity contribution in [3.63, 3.8) is 0 Å². The minimum atomic E-state index is -1.10. The van der Waals surface area contributed by atoms with Crippen molar-refractivity contribution in [3.05, 3.63) is 0 Å². The van der Waals surface area contributed by atoms with Crippen LogP contribution in [-0.2, 0) is 0 Å². The van der Waals surface area contributed by atoms with E-state index in [1.165, 1.54) is 9.40 Å². The first-order valence-electron chi connectivity index (χ1n) is 4.09. The van der Waals surface area contributed by atoms with Crippen molar-refractivity contribution < 1.29 is 0 Å². The monoisotopic (exact) mass is 443 g/mol. The van der Waals surface area contributed by atoms with Gasteiger partial charge in [-0.1, -0.05) is 0 Å². The molecule has 1 aliphatic carbocycles. The fourth-order valence-corrected chi connectivity index (χ4v) is 25.1. The molecule has 0 radical (unpaired) electrons. The molecule has 56 valence electrons. The third kappa shape index (κ3) is 2.22. The molecular weight excluding hydrogens is 429 g/mol. The molecule has 1 saturated heterocycles. The summed E-state index contributed by atoms with van der Waals surface area (Å²) in [5.41, 5.74) is 0. The second-order valence-corrected chi connectivity index (χ2v) is 20.0. The summed E-state index contributed by atoms with van der Waals surface area (Å²) in [5, 5.41) is 0. The van der Waals surface area contributed by atoms with Gasteiger partial charge in [-0.3, -0.25) is 0 Å². The third-order valence-electron chi connectivity index (χ3n) is 2.44. The Hall–Kier alpha value is 1.45. The summed E-state index contributed by atoms with van der Waals surface area (Å²) in [6.07, 6.45) is 4.72. The molecule has 1 atom stereocenters. The topological polar surface area (TPSA) is 12.4 Å². The molecule has 1 saturated carbocycles. The molecule has 1 aliphatic heterocycles. The van der Waals surface area contributed by atoms with Gasteiger partial charge in [0.05, 0.1) is 0 Å². The minimum absolute atomic E-state index is 0.321. The Morgan fingerprint density at radius 3 is 3.00 bits per heavy atom. The first-order chi connectivity index (χ1) is 4.90. The molecule has 1 nitrogen and oxygen atoms in total. The van der Waals surface area contributed by atoms with Gasteiger partial charge in [-0.15, -0.1) is 0 Å². The van der Waals surface area contributed by atoms with Gasteiger partial charge < -0.3 is 0 Å². The summed E-state index contributed by atoms with van der Waals surface area (Å²) in [5.74, 6) is 1.18. The first kappa shape index (κ1) is 8.07. The van der Waals surface area contributed by atoms with Crippen LogP contribution in [0.2, 0.25) is 7.46 Å². The van der Waals surface area contributed by atoms with Crippen LogP contribution in [0.25, 0.3) is 0 Å². The first-order valence-corrected chi connectivity index (χ1v) is 15.0. The number of nitrogens with zero attached hydrogens (tertiary/aromatic N) is 1. The van der Waals surface area contributed by atoms with Gasteiger partial charge in [0.15, 0.2) is 0 Å². The Morgan fingerprint density at radius 2 is 2.40 bits per heavy atom. The fourth-order valence-electron chi connectivity index (χ4n) is 1.51. The van der Waals surface area contributed by atoms with E-state index in [2.05, 4.69) is 4.93 Å². The Bertz CT molecular complexity index is 156. The molecule has 0 aromatic carbocycles. The van der Waals surface area contributed by atoms with E-state index < -0.39 is 23.0 Å². The van der Waals surface area contributed by atoms with Gasteiger partial charge in [0.1, 0.15) is 0 Å². The summed E-state index contributed by atoms with van der Waals surface area (Å²) < 4.78 is 7.74. The van der Waals surface area contributed by atoms with E-state index in [4.69, 9.17) is 0.955 Å². The molecule has 0 spiro atoms. The van der Waals surface area contributed by atoms with Crippen LogP contribution in [0, 0.1) is 5.92 Å². The van der Waals surface area contributed by atoms with Crippen LogP contribution < -0.4 is 0 Å². The van der Waals surface area contributed by atoms with Gasteiger partial charge in [0.2, 0.25) is 0 Å². The summed E-state index contributed by atoms with van der Waals surface area (Å²) in [6.45, 7) is 0. The molecule has 10 heavy (non-hydrogen) atoms. The second-order valence-electron chi connectivity index (χ2n) is 3.51. The third-order valence-corrected chi connectivity index (χ3v) is 23.3. The van der Waals surface area contributed by atoms with E-state index in [-0.39, 0.29) is 0 Å². The molecular formula is C7H13INTl. The predicted molar refractivity (Wildman–Crippen MR) is 54.0 cm³/mol. The van der Waals surface area contributed by atoms with Crippen LogP contribution in [0.1, 0.15) is 19.3 Å². The van der Waals surface area contributed by atoms with Crippen molar-refractivity contribution in [2.75, 3.05) is 4.93 Å². The van der Waals surface area contributed by atoms with Crippen molar-refractivity contribution in [3.8, 4) is 0 Å². The number of alkyl halides is 1. The number of halogens is 1. The zero-order valence-corrected chi connectivity index (χ0v) is 13.0. The molecule has 2 fully saturated rings. The van der Waals surface area contributed by atoms with E-state index in [9.17, 15) is 0 Å². The Morgan fingerprint density at radius 1 is 1.60 bits per heavy atom. The van der Waals surface area contributed by atoms with Crippen LogP contribution in [0.5, 0.6) is 0 Å². The van der Waals surface area contributed by atoms with Crippen molar-refractivity contribution in [2.24, 2.45) is 6.87 Å². The molecule has 1 heterocycles. The quantitative estimate of drug-likeness (QED) is 0.362. The zero-order chi connectivity index (χ0) is 6.97. The van der Waals surface area contributed by atoms with Gasteiger partial charge in [-0.25, -0.2) is 0 Å². The van der Waals surface area contributed by atoms with Gasteiger partial charge in [-0.05, 0) is 0 Å². The van der Waals surface area contributed by atoms with Gasteiger partial charge >= 0.3 is 82.6 Å². The van der Waals surface area contributed by atoms with Gasteiger partial charge in [0, 0.05) is 0 Å². The summed E-state index contributed by atoms with van der Waals surface area (Å²) in [7, 11) is 0. The molecule has 0 aromatic heterocycles. The van der Waals surface area contributed by atoms with E-state index in [0.29, 0.717) is 21.0 Å². The van der Waals surface area contributed by atoms with Crippen LogP contribution in [0.15, 0.2) is 0.955 Å². The molecule has 1 unspecified atom stereocenters. The summed E-state index contributed by atoms with van der Waals surface area (Å²) in [4.78, 5) is 2.31. The normalized spacial score (nSPS) is 32.5. The molecule has 0 amide bonds. The number of hydrogen-bond donors (Lipinski definition) is 0. The fraction of sp³-hybridized carbons (Fsp3) is 1.00. The maximum atomic E-state index is 4.83. The van der Waals surface area contributed by atoms with E-state index in [1.807, 2.05) is 0 Å². The molecule has 0 bridgehead atoms. The summed E-state index contributed by atoms with van der Waals surface area (Å²) in [6, 6.07) is 0. The zero-order valence-electron chi connectivity index (χ0n) is 6.39. The predicted octanol–water partition coefficient (Wildman–Crippen LogP) is 2.95. The molecule has 2 rings (SSSR count). The van der Waals surface area contributed by atoms with Crippen molar-refractivity contribution in [2.45, 2.75) is 26.7 Å². The van der Waals surface area contributed by atoms with E-state index >= 15 is 0 Å². The van der Waals surface area contributed by atoms with Crippen LogP contribution >= 0.6 is 21.0 Å². The van der Waals surface area contributed by atoms with E-state index in [0.717, 1.165) is 0 Å². The maximum absolute atomic E-state index is 4.83. The van der Waals surface area contributed by atoms with Crippen LogP contribution in [-0.4, -0.2) is 27.9 Å².